The Hall–Kier alpha value is -1.52. The Morgan fingerprint density at radius 2 is 2.20 bits per heavy atom. The van der Waals surface area contributed by atoms with Crippen LogP contribution in [-0.2, 0) is 9.47 Å². The molecule has 112 valence electrons. The Morgan fingerprint density at radius 1 is 1.45 bits per heavy atom. The summed E-state index contributed by atoms with van der Waals surface area (Å²) in [4.78, 5) is 15.2. The average Bonchev–Trinajstić information content (AvgIpc) is 2.68. The van der Waals surface area contributed by atoms with Crippen molar-refractivity contribution in [2.45, 2.75) is 24.5 Å². The number of hydrogen-bond donors (Lipinski definition) is 4. The number of hydrogen-bond acceptors (Lipinski definition) is 8. The van der Waals surface area contributed by atoms with Gasteiger partial charge in [-0.2, -0.15) is 4.98 Å². The summed E-state index contributed by atoms with van der Waals surface area (Å²) in [7, 11) is 0. The molecule has 0 aromatic carbocycles. The molecule has 4 atom stereocenters. The lowest BCUT2D eigenvalue weighted by atomic mass is 10.1. The molecule has 1 aromatic rings. The van der Waals surface area contributed by atoms with E-state index in [0.717, 1.165) is 4.57 Å². The summed E-state index contributed by atoms with van der Waals surface area (Å²) in [6.45, 7) is 0.732. The number of aromatic nitrogens is 2. The Morgan fingerprint density at radius 3 is 2.85 bits per heavy atom. The summed E-state index contributed by atoms with van der Waals surface area (Å²) < 4.78 is 11.7. The molecule has 1 aliphatic rings. The molecule has 0 amide bonds. The molecule has 1 saturated heterocycles. The van der Waals surface area contributed by atoms with E-state index in [9.17, 15) is 15.0 Å². The molecule has 1 aromatic heterocycles. The van der Waals surface area contributed by atoms with Gasteiger partial charge in [0.05, 0.1) is 13.2 Å². The molecule has 1 aliphatic heterocycles. The van der Waals surface area contributed by atoms with Gasteiger partial charge in [-0.25, -0.2) is 4.79 Å². The predicted octanol–water partition coefficient (Wildman–Crippen LogP) is -2.58. The molecule has 9 heteroatoms. The van der Waals surface area contributed by atoms with E-state index >= 15 is 0 Å². The van der Waals surface area contributed by atoms with Crippen LogP contribution in [-0.4, -0.2) is 57.8 Å². The van der Waals surface area contributed by atoms with Gasteiger partial charge in [0.15, 0.2) is 6.23 Å². The van der Waals surface area contributed by atoms with Gasteiger partial charge >= 0.3 is 5.69 Å². The largest absolute Gasteiger partial charge is 0.387 e. The first-order chi connectivity index (χ1) is 9.54. The van der Waals surface area contributed by atoms with Crippen LogP contribution in [0.25, 0.3) is 0 Å². The lowest BCUT2D eigenvalue weighted by molar-refractivity contribution is -0.0673. The van der Waals surface area contributed by atoms with Gasteiger partial charge in [-0.3, -0.25) is 4.57 Å². The maximum Gasteiger partial charge on any atom is 0.351 e. The fourth-order valence-electron chi connectivity index (χ4n) is 2.00. The highest BCUT2D eigenvalue weighted by molar-refractivity contribution is 5.23. The summed E-state index contributed by atoms with van der Waals surface area (Å²) >= 11 is 0. The molecular weight excluding hydrogens is 268 g/mol. The number of nitrogen functional groups attached to an aromatic ring is 1. The number of aliphatic hydroxyl groups is 2. The van der Waals surface area contributed by atoms with Crippen molar-refractivity contribution in [2.24, 2.45) is 5.73 Å². The van der Waals surface area contributed by atoms with Gasteiger partial charge in [0.1, 0.15) is 24.1 Å². The van der Waals surface area contributed by atoms with Gasteiger partial charge < -0.3 is 31.2 Å². The molecule has 0 unspecified atom stereocenters. The second-order valence-electron chi connectivity index (χ2n) is 4.45. The molecule has 2 heterocycles. The second kappa shape index (κ2) is 6.29. The first kappa shape index (κ1) is 14.9. The standard InChI is InChI=1S/C11H18N4O5/c12-2-4-19-5-6-8(16)9(17)10(20-6)15-3-1-7(13)14-11(15)18/h1,3,6,8-10,16-17H,2,4-5,12H2,(H2,13,14,18)/t6-,8-,9-,10-/m1/s1. The van der Waals surface area contributed by atoms with Crippen LogP contribution in [0, 0.1) is 0 Å². The molecule has 6 N–H and O–H groups in total. The molecule has 20 heavy (non-hydrogen) atoms. The Balaban J connectivity index is 2.11. The smallest absolute Gasteiger partial charge is 0.351 e. The van der Waals surface area contributed by atoms with Crippen LogP contribution in [0.3, 0.4) is 0 Å². The summed E-state index contributed by atoms with van der Waals surface area (Å²) in [5.41, 5.74) is 10.0. The molecule has 0 spiro atoms. The highest BCUT2D eigenvalue weighted by Crippen LogP contribution is 2.28. The summed E-state index contributed by atoms with van der Waals surface area (Å²) in [6, 6.07) is 1.40. The zero-order valence-corrected chi connectivity index (χ0v) is 10.8. The fraction of sp³-hybridized carbons (Fsp3) is 0.636. The van der Waals surface area contributed by atoms with E-state index in [4.69, 9.17) is 20.9 Å². The van der Waals surface area contributed by atoms with Crippen molar-refractivity contribution < 1.29 is 19.7 Å². The van der Waals surface area contributed by atoms with Crippen molar-refractivity contribution in [3.05, 3.63) is 22.7 Å². The van der Waals surface area contributed by atoms with Crippen molar-refractivity contribution in [2.75, 3.05) is 25.5 Å². The van der Waals surface area contributed by atoms with Gasteiger partial charge in [-0.15, -0.1) is 0 Å². The number of nitrogens with zero attached hydrogens (tertiary/aromatic N) is 2. The van der Waals surface area contributed by atoms with Crippen molar-refractivity contribution in [1.29, 1.82) is 0 Å². The van der Waals surface area contributed by atoms with Crippen LogP contribution >= 0.6 is 0 Å². The molecule has 0 bridgehead atoms. The molecular formula is C11H18N4O5. The number of rotatable bonds is 5. The molecule has 9 nitrogen and oxygen atoms in total. The maximum absolute atomic E-state index is 11.7. The monoisotopic (exact) mass is 286 g/mol. The number of anilines is 1. The summed E-state index contributed by atoms with van der Waals surface area (Å²) in [5.74, 6) is 0.0714. The van der Waals surface area contributed by atoms with E-state index in [1.54, 1.807) is 0 Å². The van der Waals surface area contributed by atoms with E-state index in [1.165, 1.54) is 12.3 Å². The zero-order valence-electron chi connectivity index (χ0n) is 10.8. The minimum atomic E-state index is -1.26. The molecule has 0 radical (unpaired) electrons. The Labute approximate surface area is 114 Å². The van der Waals surface area contributed by atoms with Crippen LogP contribution in [0.2, 0.25) is 0 Å². The van der Waals surface area contributed by atoms with E-state index < -0.39 is 30.2 Å². The average molecular weight is 286 g/mol. The van der Waals surface area contributed by atoms with E-state index in [0.29, 0.717) is 13.2 Å². The third kappa shape index (κ3) is 2.97. The normalized spacial score (nSPS) is 29.8. The Bertz CT molecular complexity index is 508. The maximum atomic E-state index is 11.7. The first-order valence-corrected chi connectivity index (χ1v) is 6.18. The third-order valence-electron chi connectivity index (χ3n) is 3.01. The van der Waals surface area contributed by atoms with Crippen molar-refractivity contribution in [3.63, 3.8) is 0 Å². The molecule has 0 saturated carbocycles. The molecule has 2 rings (SSSR count). The van der Waals surface area contributed by atoms with Crippen LogP contribution < -0.4 is 17.2 Å². The van der Waals surface area contributed by atoms with Crippen LogP contribution in [0.15, 0.2) is 17.1 Å². The van der Waals surface area contributed by atoms with Crippen molar-refractivity contribution >= 4 is 5.82 Å². The van der Waals surface area contributed by atoms with Crippen molar-refractivity contribution in [3.8, 4) is 0 Å². The van der Waals surface area contributed by atoms with Crippen molar-refractivity contribution in [1.82, 2.24) is 9.55 Å². The van der Waals surface area contributed by atoms with E-state index in [2.05, 4.69) is 4.98 Å². The zero-order chi connectivity index (χ0) is 14.7. The lowest BCUT2D eigenvalue weighted by Gasteiger charge is -2.16. The van der Waals surface area contributed by atoms with Gasteiger partial charge in [0.25, 0.3) is 0 Å². The number of nitrogens with two attached hydrogens (primary N) is 2. The summed E-state index contributed by atoms with van der Waals surface area (Å²) in [6.07, 6.45) is -2.84. The highest BCUT2D eigenvalue weighted by Gasteiger charge is 2.44. The van der Waals surface area contributed by atoms with Crippen LogP contribution in [0.5, 0.6) is 0 Å². The molecule has 1 fully saturated rings. The van der Waals surface area contributed by atoms with Gasteiger partial charge in [-0.05, 0) is 6.07 Å². The van der Waals surface area contributed by atoms with Crippen LogP contribution in [0.4, 0.5) is 5.82 Å². The van der Waals surface area contributed by atoms with Crippen LogP contribution in [0.1, 0.15) is 6.23 Å². The lowest BCUT2D eigenvalue weighted by Crippen LogP contribution is -2.36. The fourth-order valence-corrected chi connectivity index (χ4v) is 2.00. The van der Waals surface area contributed by atoms with E-state index in [-0.39, 0.29) is 12.4 Å². The quantitative estimate of drug-likeness (QED) is 0.432. The van der Waals surface area contributed by atoms with Gasteiger partial charge in [0, 0.05) is 12.7 Å². The first-order valence-electron chi connectivity index (χ1n) is 6.18. The van der Waals surface area contributed by atoms with E-state index in [1.807, 2.05) is 0 Å². The SMILES string of the molecule is NCCOC[C@H]1O[C@@H](n2ccc(N)nc2=O)[C@H](O)[C@@H]1O. The summed E-state index contributed by atoms with van der Waals surface area (Å²) in [5, 5.41) is 19.8. The second-order valence-corrected chi connectivity index (χ2v) is 4.45. The van der Waals surface area contributed by atoms with Gasteiger partial charge in [-0.1, -0.05) is 0 Å². The number of ether oxygens (including phenoxy) is 2. The third-order valence-corrected chi connectivity index (χ3v) is 3.01. The number of aliphatic hydroxyl groups excluding tert-OH is 2. The molecule has 0 aliphatic carbocycles. The Kier molecular flexibility index (Phi) is 4.68. The topological polar surface area (TPSA) is 146 Å². The minimum Gasteiger partial charge on any atom is -0.387 e. The predicted molar refractivity (Wildman–Crippen MR) is 68.7 cm³/mol. The minimum absolute atomic E-state index is 0.0714. The van der Waals surface area contributed by atoms with Gasteiger partial charge in [0.2, 0.25) is 0 Å². The highest BCUT2D eigenvalue weighted by atomic mass is 16.6.